The Kier molecular flexibility index (Phi) is 8.45. The summed E-state index contributed by atoms with van der Waals surface area (Å²) in [4.78, 5) is 0. The Hall–Kier alpha value is 0.640. The van der Waals surface area contributed by atoms with E-state index in [0.29, 0.717) is 0 Å². The topological polar surface area (TPSA) is 0 Å². The Morgan fingerprint density at radius 3 is 2.00 bits per heavy atom. The number of hydrogen-bond acceptors (Lipinski definition) is 0. The molecule has 0 saturated carbocycles. The summed E-state index contributed by atoms with van der Waals surface area (Å²) in [6, 6.07) is 0. The molecule has 0 heterocycles. The molecule has 0 aromatic carbocycles. The van der Waals surface area contributed by atoms with E-state index in [1.807, 2.05) is 6.56 Å². The van der Waals surface area contributed by atoms with E-state index in [0.717, 1.165) is 0 Å². The van der Waals surface area contributed by atoms with E-state index in [9.17, 15) is 0 Å². The molecule has 19 heavy (non-hydrogen) atoms. The maximum atomic E-state index is 2.58. The second-order valence-electron chi connectivity index (χ2n) is 5.53. The third-order valence-electron chi connectivity index (χ3n) is 4.05. The summed E-state index contributed by atoms with van der Waals surface area (Å²) in [5.41, 5.74) is 4.83. The fourth-order valence-electron chi connectivity index (χ4n) is 2.93. The maximum Gasteiger partial charge on any atom is -0.147 e. The van der Waals surface area contributed by atoms with Crippen LogP contribution in [0, 0.1) is 0 Å². The average Bonchev–Trinajstić information content (AvgIpc) is 2.80. The first-order valence-electron chi connectivity index (χ1n) is 6.63. The molecule has 0 bridgehead atoms. The summed E-state index contributed by atoms with van der Waals surface area (Å²) < 4.78 is 3.83. The van der Waals surface area contributed by atoms with Crippen molar-refractivity contribution in [3.8, 4) is 0 Å². The van der Waals surface area contributed by atoms with Gasteiger partial charge >= 0.3 is 115 Å². The molecule has 0 unspecified atom stereocenters. The molecule has 0 aromatic heterocycles. The van der Waals surface area contributed by atoms with Gasteiger partial charge in [-0.1, -0.05) is 0 Å². The molecular weight excluding hydrogens is 370 g/mol. The van der Waals surface area contributed by atoms with Crippen LogP contribution in [-0.4, -0.2) is 5.92 Å². The van der Waals surface area contributed by atoms with E-state index in [-0.39, 0.29) is 24.8 Å². The van der Waals surface area contributed by atoms with Gasteiger partial charge in [-0.25, -0.2) is 0 Å². The molecular formula is C15H25Cl2SiZr. The monoisotopic (exact) mass is 393 g/mol. The summed E-state index contributed by atoms with van der Waals surface area (Å²) >= 11 is -1.44. The summed E-state index contributed by atoms with van der Waals surface area (Å²) in [6.45, 7) is 12.2. The molecule has 0 spiro atoms. The van der Waals surface area contributed by atoms with Crippen LogP contribution in [0.15, 0.2) is 41.5 Å². The molecule has 0 nitrogen and oxygen atoms in total. The first kappa shape index (κ1) is 19.6. The van der Waals surface area contributed by atoms with Gasteiger partial charge < -0.3 is 0 Å². The summed E-state index contributed by atoms with van der Waals surface area (Å²) in [6.07, 6.45) is 9.77. The van der Waals surface area contributed by atoms with Gasteiger partial charge in [0.2, 0.25) is 0 Å². The molecule has 107 valence electrons. The van der Waals surface area contributed by atoms with Crippen molar-refractivity contribution in [2.24, 2.45) is 0 Å². The largest absolute Gasteiger partial charge is 0.147 e. The Balaban J connectivity index is 0.00000162. The minimum atomic E-state index is -1.44. The smallest absolute Gasteiger partial charge is 0.147 e. The number of allylic oxidation sites excluding steroid dienone is 8. The molecule has 0 aromatic rings. The van der Waals surface area contributed by atoms with Gasteiger partial charge in [-0.2, -0.15) is 0 Å². The second-order valence-corrected chi connectivity index (χ2v) is 24.8. The SMILES string of the molecule is CC1=CC[C]([Zr]([C]2=C(C)C=CC2)[SiH](C)C)=C1C.Cl.Cl. The standard InChI is InChI=1S/C7H9.C6H7.C2H7Si.2ClH.Zr/c1-6-4-3-5-7(6)2;1-6-4-2-3-5-6;1-3-2;;;/h4H,3H2,1-2H3;2,4H,3H2,1H3;3H,1-2H3;2*1H;. The van der Waals surface area contributed by atoms with Crippen molar-refractivity contribution in [1.82, 2.24) is 0 Å². The molecule has 2 aliphatic rings. The first-order chi connectivity index (χ1) is 8.02. The molecule has 0 fully saturated rings. The molecule has 0 N–H and O–H groups in total. The Morgan fingerprint density at radius 1 is 1.00 bits per heavy atom. The van der Waals surface area contributed by atoms with Gasteiger partial charge in [-0.05, 0) is 0 Å². The zero-order valence-electron chi connectivity index (χ0n) is 12.5. The van der Waals surface area contributed by atoms with E-state index in [4.69, 9.17) is 0 Å². The molecule has 4 heteroatoms. The Morgan fingerprint density at radius 2 is 1.63 bits per heavy atom. The third kappa shape index (κ3) is 4.06. The molecule has 2 rings (SSSR count). The van der Waals surface area contributed by atoms with Crippen molar-refractivity contribution >= 4 is 30.7 Å². The molecule has 0 amide bonds. The Labute approximate surface area is 139 Å². The fourth-order valence-corrected chi connectivity index (χ4v) is 23.9. The van der Waals surface area contributed by atoms with Crippen molar-refractivity contribution in [2.75, 3.05) is 0 Å². The molecule has 2 aliphatic carbocycles. The van der Waals surface area contributed by atoms with Crippen LogP contribution in [0.3, 0.4) is 0 Å². The van der Waals surface area contributed by atoms with Gasteiger partial charge in [-0.3, -0.25) is 0 Å². The van der Waals surface area contributed by atoms with Crippen LogP contribution < -0.4 is 0 Å². The maximum absolute atomic E-state index is 2.58. The van der Waals surface area contributed by atoms with Gasteiger partial charge in [-0.15, -0.1) is 24.8 Å². The van der Waals surface area contributed by atoms with Gasteiger partial charge in [0, 0.05) is 0 Å². The summed E-state index contributed by atoms with van der Waals surface area (Å²) in [5.74, 6) is -0.488. The summed E-state index contributed by atoms with van der Waals surface area (Å²) in [5, 5.41) is 0. The van der Waals surface area contributed by atoms with Crippen LogP contribution in [0.25, 0.3) is 0 Å². The third-order valence-corrected chi connectivity index (χ3v) is 23.9. The zero-order chi connectivity index (χ0) is 12.6. The second kappa shape index (κ2) is 8.17. The quantitative estimate of drug-likeness (QED) is 0.570. The van der Waals surface area contributed by atoms with Crippen LogP contribution >= 0.6 is 24.8 Å². The van der Waals surface area contributed by atoms with Gasteiger partial charge in [0.25, 0.3) is 0 Å². The van der Waals surface area contributed by atoms with Crippen molar-refractivity contribution in [2.45, 2.75) is 46.7 Å². The van der Waals surface area contributed by atoms with E-state index in [1.165, 1.54) is 12.8 Å². The van der Waals surface area contributed by atoms with Crippen molar-refractivity contribution in [3.63, 3.8) is 0 Å². The normalized spacial score (nSPS) is 17.7. The molecule has 0 radical (unpaired) electrons. The Bertz CT molecular complexity index is 459. The van der Waals surface area contributed by atoms with E-state index < -0.39 is 26.8 Å². The van der Waals surface area contributed by atoms with Crippen LogP contribution in [0.1, 0.15) is 33.6 Å². The van der Waals surface area contributed by atoms with E-state index in [1.54, 1.807) is 16.7 Å². The van der Waals surface area contributed by atoms with Crippen LogP contribution in [0.4, 0.5) is 0 Å². The van der Waals surface area contributed by atoms with Crippen LogP contribution in [0.2, 0.25) is 13.1 Å². The fraction of sp³-hybridized carbons (Fsp3) is 0.467. The van der Waals surface area contributed by atoms with Crippen LogP contribution in [0.5, 0.6) is 0 Å². The minimum Gasteiger partial charge on any atom is -0.147 e. The number of rotatable bonds is 3. The first-order valence-corrected chi connectivity index (χ1v) is 16.2. The number of hydrogen-bond donors (Lipinski definition) is 0. The van der Waals surface area contributed by atoms with Gasteiger partial charge in [0.05, 0.1) is 0 Å². The molecule has 0 atom stereocenters. The van der Waals surface area contributed by atoms with Gasteiger partial charge in [0.1, 0.15) is 0 Å². The average molecular weight is 396 g/mol. The predicted octanol–water partition coefficient (Wildman–Crippen LogP) is 5.29. The minimum absolute atomic E-state index is 0. The van der Waals surface area contributed by atoms with Gasteiger partial charge in [0.15, 0.2) is 0 Å². The molecule has 0 aliphatic heterocycles. The summed E-state index contributed by atoms with van der Waals surface area (Å²) in [7, 11) is 0. The number of halogens is 2. The van der Waals surface area contributed by atoms with Crippen molar-refractivity contribution < 1.29 is 20.9 Å². The van der Waals surface area contributed by atoms with E-state index >= 15 is 0 Å². The predicted molar refractivity (Wildman–Crippen MR) is 90.9 cm³/mol. The zero-order valence-corrected chi connectivity index (χ0v) is 17.8. The van der Waals surface area contributed by atoms with Crippen molar-refractivity contribution in [1.29, 1.82) is 0 Å². The van der Waals surface area contributed by atoms with E-state index in [2.05, 4.69) is 52.1 Å². The van der Waals surface area contributed by atoms with Crippen molar-refractivity contribution in [3.05, 3.63) is 41.5 Å². The van der Waals surface area contributed by atoms with Crippen LogP contribution in [-0.2, 0) is 20.9 Å². The molecule has 0 saturated heterocycles.